The zero-order valence-electron chi connectivity index (χ0n) is 10.5. The summed E-state index contributed by atoms with van der Waals surface area (Å²) in [4.78, 5) is 14.0. The third kappa shape index (κ3) is 2.88. The lowest BCUT2D eigenvalue weighted by Crippen LogP contribution is -2.37. The number of hydrogen-bond acceptors (Lipinski definition) is 3. The van der Waals surface area contributed by atoms with Gasteiger partial charge in [-0.25, -0.2) is 0 Å². The van der Waals surface area contributed by atoms with Gasteiger partial charge in [-0.3, -0.25) is 4.79 Å². The van der Waals surface area contributed by atoms with E-state index in [-0.39, 0.29) is 5.91 Å². The van der Waals surface area contributed by atoms with Gasteiger partial charge in [0.25, 0.3) is 5.91 Å². The SMILES string of the molecule is Cc1ccc(C(=O)N(C)C2CCCNCC2)o1. The van der Waals surface area contributed by atoms with Crippen LogP contribution in [0.15, 0.2) is 16.5 Å². The Kier molecular flexibility index (Phi) is 3.84. The minimum Gasteiger partial charge on any atom is -0.456 e. The molecule has 17 heavy (non-hydrogen) atoms. The molecule has 94 valence electrons. The molecule has 1 aromatic rings. The number of aryl methyl sites for hydroxylation is 1. The monoisotopic (exact) mass is 236 g/mol. The summed E-state index contributed by atoms with van der Waals surface area (Å²) in [5, 5.41) is 3.35. The normalized spacial score (nSPS) is 20.9. The van der Waals surface area contributed by atoms with Gasteiger partial charge < -0.3 is 14.6 Å². The molecule has 1 N–H and O–H groups in total. The Balaban J connectivity index is 2.03. The van der Waals surface area contributed by atoms with Crippen molar-refractivity contribution in [2.24, 2.45) is 0 Å². The van der Waals surface area contributed by atoms with Crippen LogP contribution in [0, 0.1) is 6.92 Å². The quantitative estimate of drug-likeness (QED) is 0.851. The van der Waals surface area contributed by atoms with Crippen molar-refractivity contribution in [3.8, 4) is 0 Å². The molecule has 1 fully saturated rings. The molecule has 4 nitrogen and oxygen atoms in total. The molecule has 1 amide bonds. The topological polar surface area (TPSA) is 45.5 Å². The molecule has 2 heterocycles. The number of furan rings is 1. The van der Waals surface area contributed by atoms with Crippen LogP contribution in [0.2, 0.25) is 0 Å². The van der Waals surface area contributed by atoms with Gasteiger partial charge >= 0.3 is 0 Å². The second-order valence-corrected chi connectivity index (χ2v) is 4.66. The van der Waals surface area contributed by atoms with Crippen molar-refractivity contribution in [1.29, 1.82) is 0 Å². The van der Waals surface area contributed by atoms with Crippen LogP contribution >= 0.6 is 0 Å². The van der Waals surface area contributed by atoms with Gasteiger partial charge in [-0.2, -0.15) is 0 Å². The van der Waals surface area contributed by atoms with E-state index in [0.717, 1.165) is 38.1 Å². The van der Waals surface area contributed by atoms with Gasteiger partial charge in [0.1, 0.15) is 5.76 Å². The molecule has 2 rings (SSSR count). The van der Waals surface area contributed by atoms with Crippen LogP contribution in [0.1, 0.15) is 35.6 Å². The lowest BCUT2D eigenvalue weighted by atomic mass is 10.1. The van der Waals surface area contributed by atoms with Crippen LogP contribution < -0.4 is 5.32 Å². The summed E-state index contributed by atoms with van der Waals surface area (Å²) in [5.74, 6) is 1.22. The Hall–Kier alpha value is -1.29. The molecule has 1 unspecified atom stereocenters. The molecule has 0 aromatic carbocycles. The fourth-order valence-corrected chi connectivity index (χ4v) is 2.28. The van der Waals surface area contributed by atoms with Crippen molar-refractivity contribution < 1.29 is 9.21 Å². The van der Waals surface area contributed by atoms with E-state index in [1.165, 1.54) is 0 Å². The summed E-state index contributed by atoms with van der Waals surface area (Å²) < 4.78 is 5.38. The minimum absolute atomic E-state index is 0.00926. The highest BCUT2D eigenvalue weighted by atomic mass is 16.3. The van der Waals surface area contributed by atoms with Gasteiger partial charge in [0.05, 0.1) is 0 Å². The van der Waals surface area contributed by atoms with Gasteiger partial charge in [0.15, 0.2) is 5.76 Å². The fraction of sp³-hybridized carbons (Fsp3) is 0.615. The number of nitrogens with one attached hydrogen (secondary N) is 1. The summed E-state index contributed by atoms with van der Waals surface area (Å²) >= 11 is 0. The van der Waals surface area contributed by atoms with Gasteiger partial charge in [-0.1, -0.05) is 0 Å². The molecule has 0 aliphatic carbocycles. The Morgan fingerprint density at radius 1 is 1.41 bits per heavy atom. The van der Waals surface area contributed by atoms with E-state index in [2.05, 4.69) is 5.32 Å². The minimum atomic E-state index is -0.00926. The summed E-state index contributed by atoms with van der Waals surface area (Å²) in [5.41, 5.74) is 0. The Bertz CT molecular complexity index is 379. The first-order valence-corrected chi connectivity index (χ1v) is 6.23. The van der Waals surface area contributed by atoms with E-state index in [4.69, 9.17) is 4.42 Å². The number of amides is 1. The molecule has 1 aromatic heterocycles. The van der Waals surface area contributed by atoms with Gasteiger partial charge in [-0.05, 0) is 51.4 Å². The molecular formula is C13H20N2O2. The smallest absolute Gasteiger partial charge is 0.289 e. The summed E-state index contributed by atoms with van der Waals surface area (Å²) in [6.07, 6.45) is 3.20. The van der Waals surface area contributed by atoms with Crippen LogP contribution in [-0.4, -0.2) is 37.0 Å². The molecule has 1 aliphatic rings. The molecule has 0 saturated carbocycles. The van der Waals surface area contributed by atoms with E-state index in [0.29, 0.717) is 11.8 Å². The Morgan fingerprint density at radius 2 is 2.24 bits per heavy atom. The first-order chi connectivity index (χ1) is 8.18. The average molecular weight is 236 g/mol. The molecule has 0 spiro atoms. The Morgan fingerprint density at radius 3 is 2.94 bits per heavy atom. The number of nitrogens with zero attached hydrogens (tertiary/aromatic N) is 1. The van der Waals surface area contributed by atoms with Gasteiger partial charge in [0.2, 0.25) is 0 Å². The van der Waals surface area contributed by atoms with E-state index in [1.54, 1.807) is 6.07 Å². The third-order valence-electron chi connectivity index (χ3n) is 3.36. The molecule has 4 heteroatoms. The molecule has 0 bridgehead atoms. The number of rotatable bonds is 2. The predicted molar refractivity (Wildman–Crippen MR) is 66.0 cm³/mol. The lowest BCUT2D eigenvalue weighted by Gasteiger charge is -2.26. The Labute approximate surface area is 102 Å². The summed E-state index contributed by atoms with van der Waals surface area (Å²) in [7, 11) is 1.87. The zero-order chi connectivity index (χ0) is 12.3. The number of hydrogen-bond donors (Lipinski definition) is 1. The molecular weight excluding hydrogens is 216 g/mol. The van der Waals surface area contributed by atoms with Crippen LogP contribution in [0.3, 0.4) is 0 Å². The highest BCUT2D eigenvalue weighted by Crippen LogP contribution is 2.16. The third-order valence-corrected chi connectivity index (χ3v) is 3.36. The highest BCUT2D eigenvalue weighted by molar-refractivity contribution is 5.91. The maximum Gasteiger partial charge on any atom is 0.289 e. The van der Waals surface area contributed by atoms with Crippen LogP contribution in [0.25, 0.3) is 0 Å². The van der Waals surface area contributed by atoms with Crippen molar-refractivity contribution in [2.45, 2.75) is 32.2 Å². The molecule has 0 radical (unpaired) electrons. The maximum atomic E-state index is 12.2. The van der Waals surface area contributed by atoms with Crippen molar-refractivity contribution >= 4 is 5.91 Å². The van der Waals surface area contributed by atoms with Crippen molar-refractivity contribution in [3.63, 3.8) is 0 Å². The van der Waals surface area contributed by atoms with Crippen molar-refractivity contribution in [3.05, 3.63) is 23.7 Å². The number of carbonyl (C=O) groups excluding carboxylic acids is 1. The van der Waals surface area contributed by atoms with Crippen LogP contribution in [0.5, 0.6) is 0 Å². The first kappa shape index (κ1) is 12.2. The van der Waals surface area contributed by atoms with Gasteiger partial charge in [-0.15, -0.1) is 0 Å². The second kappa shape index (κ2) is 5.36. The average Bonchev–Trinajstić information content (AvgIpc) is 2.60. The second-order valence-electron chi connectivity index (χ2n) is 4.66. The van der Waals surface area contributed by atoms with Crippen LogP contribution in [0.4, 0.5) is 0 Å². The first-order valence-electron chi connectivity index (χ1n) is 6.23. The molecule has 1 atom stereocenters. The van der Waals surface area contributed by atoms with Crippen molar-refractivity contribution in [2.75, 3.05) is 20.1 Å². The highest BCUT2D eigenvalue weighted by Gasteiger charge is 2.23. The van der Waals surface area contributed by atoms with Gasteiger partial charge in [0, 0.05) is 13.1 Å². The lowest BCUT2D eigenvalue weighted by molar-refractivity contribution is 0.0687. The summed E-state index contributed by atoms with van der Waals surface area (Å²) in [6, 6.07) is 3.90. The van der Waals surface area contributed by atoms with E-state index < -0.39 is 0 Å². The number of carbonyl (C=O) groups is 1. The summed E-state index contributed by atoms with van der Waals surface area (Å²) in [6.45, 7) is 3.89. The fourth-order valence-electron chi connectivity index (χ4n) is 2.28. The van der Waals surface area contributed by atoms with Crippen LogP contribution in [-0.2, 0) is 0 Å². The largest absolute Gasteiger partial charge is 0.456 e. The van der Waals surface area contributed by atoms with Crippen molar-refractivity contribution in [1.82, 2.24) is 10.2 Å². The zero-order valence-corrected chi connectivity index (χ0v) is 10.5. The molecule has 1 saturated heterocycles. The van der Waals surface area contributed by atoms with E-state index in [1.807, 2.05) is 24.9 Å². The predicted octanol–water partition coefficient (Wildman–Crippen LogP) is 1.80. The standard InChI is InChI=1S/C13H20N2O2/c1-10-5-6-12(17-10)13(16)15(2)11-4-3-8-14-9-7-11/h5-6,11,14H,3-4,7-9H2,1-2H3. The molecule has 1 aliphatic heterocycles. The van der Waals surface area contributed by atoms with E-state index >= 15 is 0 Å². The maximum absolute atomic E-state index is 12.2. The van der Waals surface area contributed by atoms with E-state index in [9.17, 15) is 4.79 Å².